The topological polar surface area (TPSA) is 67.2 Å². The van der Waals surface area contributed by atoms with Crippen molar-refractivity contribution >= 4 is 34.8 Å². The van der Waals surface area contributed by atoms with Crippen molar-refractivity contribution < 1.29 is 9.59 Å². The van der Waals surface area contributed by atoms with Crippen molar-refractivity contribution in [3.8, 4) is 10.6 Å². The third-order valence-electron chi connectivity index (χ3n) is 6.39. The van der Waals surface area contributed by atoms with Crippen LogP contribution in [0.1, 0.15) is 34.1 Å². The summed E-state index contributed by atoms with van der Waals surface area (Å²) >= 11 is 7.56. The molecule has 1 atom stereocenters. The Labute approximate surface area is 213 Å². The summed E-state index contributed by atoms with van der Waals surface area (Å²) in [7, 11) is 0. The molecule has 0 bridgehead atoms. The molecule has 0 aliphatic carbocycles. The first-order valence-corrected chi connectivity index (χ1v) is 12.6. The highest BCUT2D eigenvalue weighted by atomic mass is 35.5. The molecule has 8 heteroatoms. The van der Waals surface area contributed by atoms with Crippen LogP contribution in [0.15, 0.2) is 72.1 Å². The second kappa shape index (κ2) is 9.32. The maximum Gasteiger partial charge on any atom is 0.273 e. The van der Waals surface area contributed by atoms with Crippen LogP contribution in [0.5, 0.6) is 0 Å². The summed E-state index contributed by atoms with van der Waals surface area (Å²) in [5.41, 5.74) is 3.14. The predicted molar refractivity (Wildman–Crippen MR) is 138 cm³/mol. The van der Waals surface area contributed by atoms with Gasteiger partial charge in [0, 0.05) is 18.1 Å². The molecule has 3 heterocycles. The van der Waals surface area contributed by atoms with Gasteiger partial charge in [0.15, 0.2) is 0 Å². The Kier molecular flexibility index (Phi) is 6.21. The van der Waals surface area contributed by atoms with Gasteiger partial charge in [-0.15, -0.1) is 11.3 Å². The Hall–Kier alpha value is -3.42. The second-order valence-corrected chi connectivity index (χ2v) is 10.4. The third kappa shape index (κ3) is 4.61. The van der Waals surface area contributed by atoms with E-state index in [1.54, 1.807) is 33.1 Å². The van der Waals surface area contributed by atoms with Crippen LogP contribution in [0.4, 0.5) is 0 Å². The molecule has 0 unspecified atom stereocenters. The molecule has 4 aromatic rings. The molecule has 1 aliphatic heterocycles. The predicted octanol–water partition coefficient (Wildman–Crippen LogP) is 5.30. The molecule has 0 saturated carbocycles. The number of hydrogen-bond donors (Lipinski definition) is 1. The van der Waals surface area contributed by atoms with Gasteiger partial charge in [-0.3, -0.25) is 14.3 Å². The molecule has 1 N–H and O–H groups in total. The van der Waals surface area contributed by atoms with Crippen LogP contribution in [0.25, 0.3) is 10.6 Å². The first kappa shape index (κ1) is 23.3. The maximum atomic E-state index is 13.8. The minimum Gasteiger partial charge on any atom is -0.350 e. The summed E-state index contributed by atoms with van der Waals surface area (Å²) in [6.07, 6.45) is 0. The van der Waals surface area contributed by atoms with E-state index in [0.717, 1.165) is 27.3 Å². The van der Waals surface area contributed by atoms with Gasteiger partial charge in [-0.25, -0.2) is 0 Å². The van der Waals surface area contributed by atoms with Gasteiger partial charge in [0.2, 0.25) is 5.91 Å². The van der Waals surface area contributed by atoms with Crippen molar-refractivity contribution in [2.45, 2.75) is 39.0 Å². The summed E-state index contributed by atoms with van der Waals surface area (Å²) < 4.78 is 1.67. The van der Waals surface area contributed by atoms with Gasteiger partial charge >= 0.3 is 0 Å². The van der Waals surface area contributed by atoms with Crippen molar-refractivity contribution in [3.05, 3.63) is 99.5 Å². The van der Waals surface area contributed by atoms with Gasteiger partial charge in [-0.1, -0.05) is 59.6 Å². The Morgan fingerprint density at radius 1 is 1.11 bits per heavy atom. The molecule has 178 valence electrons. The number of benzene rings is 2. The largest absolute Gasteiger partial charge is 0.350 e. The summed E-state index contributed by atoms with van der Waals surface area (Å²) in [6, 6.07) is 21.1. The summed E-state index contributed by atoms with van der Waals surface area (Å²) in [5, 5.41) is 10.3. The molecule has 5 rings (SSSR count). The molecule has 0 saturated heterocycles. The fraction of sp³-hybridized carbons (Fsp3) is 0.222. The van der Waals surface area contributed by atoms with E-state index in [1.165, 1.54) is 0 Å². The number of aryl methyl sites for hydroxylation is 1. The number of rotatable bonds is 6. The van der Waals surface area contributed by atoms with Gasteiger partial charge in [-0.05, 0) is 54.6 Å². The van der Waals surface area contributed by atoms with Gasteiger partial charge in [-0.2, -0.15) is 5.10 Å². The molecule has 6 nitrogen and oxygen atoms in total. The van der Waals surface area contributed by atoms with Crippen LogP contribution in [0, 0.1) is 6.92 Å². The lowest BCUT2D eigenvalue weighted by molar-refractivity contribution is -0.133. The fourth-order valence-corrected chi connectivity index (χ4v) is 5.09. The lowest BCUT2D eigenvalue weighted by Gasteiger charge is -2.43. The van der Waals surface area contributed by atoms with Crippen LogP contribution in [-0.2, 0) is 24.4 Å². The molecule has 2 amide bonds. The maximum absolute atomic E-state index is 13.8. The fourth-order valence-electron chi connectivity index (χ4n) is 4.29. The molecule has 0 radical (unpaired) electrons. The van der Waals surface area contributed by atoms with Crippen LogP contribution in [0.2, 0.25) is 5.02 Å². The van der Waals surface area contributed by atoms with E-state index in [4.69, 9.17) is 11.6 Å². The second-order valence-electron chi connectivity index (χ2n) is 9.01. The minimum atomic E-state index is -1.12. The Balaban J connectivity index is 1.47. The van der Waals surface area contributed by atoms with Crippen LogP contribution in [-0.4, -0.2) is 32.0 Å². The highest BCUT2D eigenvalue weighted by molar-refractivity contribution is 7.13. The molecule has 2 aromatic carbocycles. The van der Waals surface area contributed by atoms with E-state index < -0.39 is 5.54 Å². The monoisotopic (exact) mass is 504 g/mol. The number of halogens is 1. The third-order valence-corrected chi connectivity index (χ3v) is 7.53. The van der Waals surface area contributed by atoms with Gasteiger partial charge in [0.1, 0.15) is 16.9 Å². The molecule has 2 aromatic heterocycles. The zero-order chi connectivity index (χ0) is 24.6. The molecule has 0 spiro atoms. The first-order chi connectivity index (χ1) is 16.8. The summed E-state index contributed by atoms with van der Waals surface area (Å²) in [5.74, 6) is -0.442. The quantitative estimate of drug-likeness (QED) is 0.387. The zero-order valence-electron chi connectivity index (χ0n) is 19.5. The zero-order valence-corrected chi connectivity index (χ0v) is 21.1. The minimum absolute atomic E-state index is 0.212. The highest BCUT2D eigenvalue weighted by Crippen LogP contribution is 2.32. The lowest BCUT2D eigenvalue weighted by atomic mass is 9.94. The van der Waals surface area contributed by atoms with E-state index in [1.807, 2.05) is 73.8 Å². The van der Waals surface area contributed by atoms with Crippen LogP contribution < -0.4 is 5.32 Å². The van der Waals surface area contributed by atoms with E-state index in [9.17, 15) is 9.59 Å². The number of nitrogens with one attached hydrogen (secondary N) is 1. The molecule has 0 fully saturated rings. The summed E-state index contributed by atoms with van der Waals surface area (Å²) in [6.45, 7) is 4.76. The van der Waals surface area contributed by atoms with E-state index in [2.05, 4.69) is 10.4 Å². The normalized spacial score (nSPS) is 17.3. The molecular weight excluding hydrogens is 480 g/mol. The molecular formula is C27H25ClN4O2S. The lowest BCUT2D eigenvalue weighted by Crippen LogP contribution is -2.63. The van der Waals surface area contributed by atoms with Crippen molar-refractivity contribution in [1.29, 1.82) is 0 Å². The number of aromatic nitrogens is 2. The number of carbonyl (C=O) groups is 2. The van der Waals surface area contributed by atoms with Gasteiger partial charge in [0.25, 0.3) is 5.91 Å². The number of nitrogens with zero attached hydrogens (tertiary/aromatic N) is 3. The molecule has 1 aliphatic rings. The smallest absolute Gasteiger partial charge is 0.273 e. The highest BCUT2D eigenvalue weighted by Gasteiger charge is 2.48. The first-order valence-electron chi connectivity index (χ1n) is 11.4. The van der Waals surface area contributed by atoms with Gasteiger partial charge in [0.05, 0.1) is 11.4 Å². The number of amides is 2. The average Bonchev–Trinajstić information content (AvgIpc) is 3.52. The van der Waals surface area contributed by atoms with Gasteiger partial charge < -0.3 is 10.2 Å². The van der Waals surface area contributed by atoms with Crippen LogP contribution in [0.3, 0.4) is 0 Å². The Morgan fingerprint density at radius 2 is 1.83 bits per heavy atom. The number of thiophene rings is 1. The molecule has 35 heavy (non-hydrogen) atoms. The van der Waals surface area contributed by atoms with Crippen molar-refractivity contribution in [2.75, 3.05) is 0 Å². The number of fused-ring (bicyclic) bond motifs is 1. The Morgan fingerprint density at radius 3 is 2.51 bits per heavy atom. The van der Waals surface area contributed by atoms with E-state index >= 15 is 0 Å². The standard InChI is InChI=1S/C27H25ClN4O2S/c1-18-5-7-20(8-6-18)16-31-25(33)23-14-22(24-4-3-13-35-24)30-32(23)17-27(31,2)26(34)29-15-19-9-11-21(28)12-10-19/h3-14H,15-17H2,1-2H3,(H,29,34)/t27-/m1/s1. The SMILES string of the molecule is Cc1ccc(CN2C(=O)c3cc(-c4cccs4)nn3C[C@]2(C)C(=O)NCc2ccc(Cl)cc2)cc1. The van der Waals surface area contributed by atoms with E-state index in [0.29, 0.717) is 23.8 Å². The number of hydrogen-bond acceptors (Lipinski definition) is 4. The van der Waals surface area contributed by atoms with Crippen molar-refractivity contribution in [2.24, 2.45) is 0 Å². The Bertz CT molecular complexity index is 1360. The summed E-state index contributed by atoms with van der Waals surface area (Å²) in [4.78, 5) is 30.1. The van der Waals surface area contributed by atoms with Crippen molar-refractivity contribution in [1.82, 2.24) is 20.0 Å². The van der Waals surface area contributed by atoms with Crippen molar-refractivity contribution in [3.63, 3.8) is 0 Å². The van der Waals surface area contributed by atoms with Crippen LogP contribution >= 0.6 is 22.9 Å². The van der Waals surface area contributed by atoms with E-state index in [-0.39, 0.29) is 18.4 Å². The average molecular weight is 505 g/mol. The number of carbonyl (C=O) groups excluding carboxylic acids is 2.